The van der Waals surface area contributed by atoms with Crippen LogP contribution < -0.4 is 5.32 Å². The number of anilines is 1. The first kappa shape index (κ1) is 12.0. The van der Waals surface area contributed by atoms with Gasteiger partial charge in [0.15, 0.2) is 5.13 Å². The molecule has 0 saturated carbocycles. The summed E-state index contributed by atoms with van der Waals surface area (Å²) in [5, 5.41) is 3.34. The molecule has 4 nitrogen and oxygen atoms in total. The lowest BCUT2D eigenvalue weighted by molar-refractivity contribution is -0.121. The number of hydrogen-bond acceptors (Lipinski definition) is 4. The van der Waals surface area contributed by atoms with Crippen LogP contribution in [0.4, 0.5) is 5.13 Å². The molecule has 1 amide bonds. The van der Waals surface area contributed by atoms with Crippen LogP contribution in [0.3, 0.4) is 0 Å². The van der Waals surface area contributed by atoms with Crippen molar-refractivity contribution < 1.29 is 9.53 Å². The third-order valence-electron chi connectivity index (χ3n) is 2.09. The zero-order valence-corrected chi connectivity index (χ0v) is 10.6. The molecule has 0 fully saturated rings. The minimum Gasteiger partial charge on any atom is -0.369 e. The van der Waals surface area contributed by atoms with Gasteiger partial charge in [0, 0.05) is 0 Å². The molecule has 0 aliphatic heterocycles. The fourth-order valence-electron chi connectivity index (χ4n) is 1.32. The molecule has 2 rings (SSSR count). The molecule has 0 aliphatic rings. The van der Waals surface area contributed by atoms with Crippen molar-refractivity contribution in [3.8, 4) is 0 Å². The Labute approximate surface area is 104 Å². The summed E-state index contributed by atoms with van der Waals surface area (Å²) in [5.41, 5.74) is 0.901. The van der Waals surface area contributed by atoms with Crippen molar-refractivity contribution in [1.29, 1.82) is 0 Å². The van der Waals surface area contributed by atoms with Crippen LogP contribution in [0.2, 0.25) is 0 Å². The zero-order chi connectivity index (χ0) is 12.3. The maximum Gasteiger partial charge on any atom is 0.252 e. The molecule has 0 bridgehead atoms. The molecule has 1 heterocycles. The van der Waals surface area contributed by atoms with E-state index in [9.17, 15) is 4.79 Å². The molecule has 1 N–H and O–H groups in total. The highest BCUT2D eigenvalue weighted by molar-refractivity contribution is 7.22. The van der Waals surface area contributed by atoms with E-state index in [0.717, 1.165) is 10.2 Å². The van der Waals surface area contributed by atoms with E-state index in [1.807, 2.05) is 38.1 Å². The van der Waals surface area contributed by atoms with Gasteiger partial charge in [0.2, 0.25) is 0 Å². The van der Waals surface area contributed by atoms with Crippen LogP contribution >= 0.6 is 11.3 Å². The first-order chi connectivity index (χ1) is 8.15. The van der Waals surface area contributed by atoms with Gasteiger partial charge in [-0.15, -0.1) is 0 Å². The number of fused-ring (bicyclic) bond motifs is 1. The molecular weight excluding hydrogens is 236 g/mol. The summed E-state index contributed by atoms with van der Waals surface area (Å²) >= 11 is 1.46. The monoisotopic (exact) mass is 250 g/mol. The number of rotatable bonds is 4. The van der Waals surface area contributed by atoms with Crippen molar-refractivity contribution in [2.24, 2.45) is 0 Å². The number of thiazole rings is 1. The summed E-state index contributed by atoms with van der Waals surface area (Å²) in [6.07, 6.45) is 0.0520. The fourth-order valence-corrected chi connectivity index (χ4v) is 2.21. The van der Waals surface area contributed by atoms with Gasteiger partial charge in [0.1, 0.15) is 6.61 Å². The molecule has 0 unspecified atom stereocenters. The quantitative estimate of drug-likeness (QED) is 0.907. The second kappa shape index (κ2) is 5.25. The van der Waals surface area contributed by atoms with Gasteiger partial charge < -0.3 is 4.74 Å². The van der Waals surface area contributed by atoms with E-state index >= 15 is 0 Å². The highest BCUT2D eigenvalue weighted by atomic mass is 32.1. The van der Waals surface area contributed by atoms with Gasteiger partial charge in [-0.2, -0.15) is 0 Å². The largest absolute Gasteiger partial charge is 0.369 e. The number of benzene rings is 1. The topological polar surface area (TPSA) is 51.2 Å². The van der Waals surface area contributed by atoms with E-state index in [4.69, 9.17) is 4.74 Å². The van der Waals surface area contributed by atoms with Crippen molar-refractivity contribution in [1.82, 2.24) is 4.98 Å². The lowest BCUT2D eigenvalue weighted by Gasteiger charge is -2.06. The number of carbonyl (C=O) groups excluding carboxylic acids is 1. The number of carbonyl (C=O) groups is 1. The van der Waals surface area contributed by atoms with E-state index in [2.05, 4.69) is 10.3 Å². The molecule has 2 aromatic rings. The summed E-state index contributed by atoms with van der Waals surface area (Å²) in [6, 6.07) is 7.78. The van der Waals surface area contributed by atoms with Crippen molar-refractivity contribution >= 4 is 32.6 Å². The van der Waals surface area contributed by atoms with Gasteiger partial charge in [-0.25, -0.2) is 4.98 Å². The Kier molecular flexibility index (Phi) is 3.71. The lowest BCUT2D eigenvalue weighted by atomic mass is 10.3. The van der Waals surface area contributed by atoms with Crippen LogP contribution in [0.25, 0.3) is 10.2 Å². The van der Waals surface area contributed by atoms with Gasteiger partial charge in [-0.1, -0.05) is 23.5 Å². The number of nitrogens with one attached hydrogen (secondary N) is 1. The molecule has 0 aliphatic carbocycles. The highest BCUT2D eigenvalue weighted by Crippen LogP contribution is 2.25. The molecule has 17 heavy (non-hydrogen) atoms. The Morgan fingerprint density at radius 3 is 2.94 bits per heavy atom. The lowest BCUT2D eigenvalue weighted by Crippen LogP contribution is -2.20. The summed E-state index contributed by atoms with van der Waals surface area (Å²) < 4.78 is 6.28. The molecule has 0 radical (unpaired) electrons. The second-order valence-corrected chi connectivity index (χ2v) is 4.93. The smallest absolute Gasteiger partial charge is 0.252 e. The van der Waals surface area contributed by atoms with Crippen LogP contribution in [0.1, 0.15) is 13.8 Å². The molecule has 0 saturated heterocycles. The number of para-hydroxylation sites is 1. The third kappa shape index (κ3) is 3.25. The Morgan fingerprint density at radius 1 is 1.47 bits per heavy atom. The van der Waals surface area contributed by atoms with Crippen LogP contribution in [0.15, 0.2) is 24.3 Å². The summed E-state index contributed by atoms with van der Waals surface area (Å²) in [7, 11) is 0. The predicted octanol–water partition coefficient (Wildman–Crippen LogP) is 2.66. The molecular formula is C12H14N2O2S. The summed E-state index contributed by atoms with van der Waals surface area (Å²) in [5.74, 6) is -0.169. The summed E-state index contributed by atoms with van der Waals surface area (Å²) in [6.45, 7) is 3.85. The second-order valence-electron chi connectivity index (χ2n) is 3.89. The average molecular weight is 250 g/mol. The van der Waals surface area contributed by atoms with E-state index < -0.39 is 0 Å². The first-order valence-corrected chi connectivity index (χ1v) is 6.24. The number of ether oxygens (including phenoxy) is 1. The average Bonchev–Trinajstić information content (AvgIpc) is 2.68. The number of nitrogens with zero attached hydrogens (tertiary/aromatic N) is 1. The van der Waals surface area contributed by atoms with Crippen LogP contribution in [0.5, 0.6) is 0 Å². The van der Waals surface area contributed by atoms with Gasteiger partial charge in [-0.05, 0) is 26.0 Å². The van der Waals surface area contributed by atoms with Crippen molar-refractivity contribution in [2.45, 2.75) is 20.0 Å². The van der Waals surface area contributed by atoms with Crippen LogP contribution in [-0.4, -0.2) is 23.6 Å². The van der Waals surface area contributed by atoms with Crippen LogP contribution in [-0.2, 0) is 9.53 Å². The predicted molar refractivity (Wildman–Crippen MR) is 69.3 cm³/mol. The van der Waals surface area contributed by atoms with E-state index in [0.29, 0.717) is 5.13 Å². The van der Waals surface area contributed by atoms with E-state index in [1.54, 1.807) is 0 Å². The first-order valence-electron chi connectivity index (χ1n) is 5.42. The molecule has 0 spiro atoms. The minimum absolute atomic E-state index is 0.0520. The van der Waals surface area contributed by atoms with Crippen molar-refractivity contribution in [3.05, 3.63) is 24.3 Å². The Balaban J connectivity index is 2.01. The normalized spacial score (nSPS) is 11.0. The Morgan fingerprint density at radius 2 is 2.24 bits per heavy atom. The maximum absolute atomic E-state index is 11.5. The van der Waals surface area contributed by atoms with Gasteiger partial charge in [0.25, 0.3) is 5.91 Å². The van der Waals surface area contributed by atoms with Gasteiger partial charge in [-0.3, -0.25) is 10.1 Å². The Hall–Kier alpha value is -1.46. The standard InChI is InChI=1S/C12H14N2O2S/c1-8(2)16-7-11(15)14-12-13-9-5-3-4-6-10(9)17-12/h3-6,8H,7H2,1-2H3,(H,13,14,15). The SMILES string of the molecule is CC(C)OCC(=O)Nc1nc2ccccc2s1. The number of aromatic nitrogens is 1. The molecule has 1 aromatic carbocycles. The molecule has 1 aromatic heterocycles. The number of amides is 1. The van der Waals surface area contributed by atoms with Crippen LogP contribution in [0, 0.1) is 0 Å². The molecule has 5 heteroatoms. The summed E-state index contributed by atoms with van der Waals surface area (Å²) in [4.78, 5) is 15.8. The highest BCUT2D eigenvalue weighted by Gasteiger charge is 2.08. The Bertz CT molecular complexity index is 489. The van der Waals surface area contributed by atoms with E-state index in [-0.39, 0.29) is 18.6 Å². The minimum atomic E-state index is -0.169. The van der Waals surface area contributed by atoms with Gasteiger partial charge in [0.05, 0.1) is 16.3 Å². The fraction of sp³-hybridized carbons (Fsp3) is 0.333. The van der Waals surface area contributed by atoms with Crippen molar-refractivity contribution in [3.63, 3.8) is 0 Å². The molecule has 90 valence electrons. The third-order valence-corrected chi connectivity index (χ3v) is 3.04. The zero-order valence-electron chi connectivity index (χ0n) is 9.77. The van der Waals surface area contributed by atoms with Crippen molar-refractivity contribution in [2.75, 3.05) is 11.9 Å². The van der Waals surface area contributed by atoms with E-state index in [1.165, 1.54) is 11.3 Å². The molecule has 0 atom stereocenters. The number of hydrogen-bond donors (Lipinski definition) is 1. The van der Waals surface area contributed by atoms with Gasteiger partial charge >= 0.3 is 0 Å². The maximum atomic E-state index is 11.5.